The van der Waals surface area contributed by atoms with E-state index in [2.05, 4.69) is 27.6 Å². The number of nitrogens with one attached hydrogen (secondary N) is 2. The molecule has 7 nitrogen and oxygen atoms in total. The van der Waals surface area contributed by atoms with Gasteiger partial charge in [-0.05, 0) is 81.4 Å². The summed E-state index contributed by atoms with van der Waals surface area (Å²) in [6, 6.07) is 13.4. The lowest BCUT2D eigenvalue weighted by molar-refractivity contribution is -0.122. The van der Waals surface area contributed by atoms with Crippen LogP contribution in [-0.2, 0) is 18.0 Å². The number of aromatic hydroxyl groups is 1. The fourth-order valence-corrected chi connectivity index (χ4v) is 4.56. The summed E-state index contributed by atoms with van der Waals surface area (Å²) in [5, 5.41) is 17.0. The number of carbonyl (C=O) groups is 1. The van der Waals surface area contributed by atoms with Crippen molar-refractivity contribution in [1.29, 1.82) is 0 Å². The Balaban J connectivity index is 1.43. The van der Waals surface area contributed by atoms with E-state index in [1.165, 1.54) is 6.07 Å². The fraction of sp³-hybridized carbons (Fsp3) is 0.333. The van der Waals surface area contributed by atoms with Crippen LogP contribution in [0.3, 0.4) is 0 Å². The van der Waals surface area contributed by atoms with Crippen LogP contribution < -0.4 is 16.4 Å². The largest absolute Gasteiger partial charge is 0.507 e. The van der Waals surface area contributed by atoms with Crippen molar-refractivity contribution in [1.82, 2.24) is 15.2 Å². The van der Waals surface area contributed by atoms with Gasteiger partial charge in [-0.1, -0.05) is 17.7 Å². The van der Waals surface area contributed by atoms with Gasteiger partial charge in [-0.3, -0.25) is 4.79 Å². The van der Waals surface area contributed by atoms with E-state index in [0.29, 0.717) is 57.7 Å². The van der Waals surface area contributed by atoms with Crippen LogP contribution in [0.1, 0.15) is 30.4 Å². The number of phenolic OH excluding ortho intramolecular Hbond substituents is 1. The number of carbonyl (C=O) groups excluding carboxylic acids is 1. The normalized spacial score (nSPS) is 14.5. The molecule has 1 aliphatic heterocycles. The van der Waals surface area contributed by atoms with Gasteiger partial charge < -0.3 is 26.4 Å². The van der Waals surface area contributed by atoms with E-state index in [-0.39, 0.29) is 17.5 Å². The fourth-order valence-electron chi connectivity index (χ4n) is 4.37. The van der Waals surface area contributed by atoms with Gasteiger partial charge in [0, 0.05) is 46.1 Å². The predicted octanol–water partition coefficient (Wildman–Crippen LogP) is 5.25. The summed E-state index contributed by atoms with van der Waals surface area (Å²) in [5.74, 6) is 0.742. The molecule has 2 aromatic carbocycles. The molecule has 0 bridgehead atoms. The summed E-state index contributed by atoms with van der Waals surface area (Å²) in [6.07, 6.45) is 2.59. The van der Waals surface area contributed by atoms with Crippen LogP contribution in [0.2, 0.25) is 5.02 Å². The number of anilines is 3. The number of phenols is 1. The van der Waals surface area contributed by atoms with Crippen molar-refractivity contribution < 1.29 is 14.3 Å². The SMILES string of the molecule is CN1CCC(CC(=O)NCc2ccc(-c3cc(Nc4ccc(Cl)cc4CF)ccc3O)nc2N)CC1. The van der Waals surface area contributed by atoms with Crippen LogP contribution in [0.4, 0.5) is 21.6 Å². The van der Waals surface area contributed by atoms with Crippen LogP contribution in [0.15, 0.2) is 48.5 Å². The molecule has 1 saturated heterocycles. The summed E-state index contributed by atoms with van der Waals surface area (Å²) in [4.78, 5) is 19.1. The van der Waals surface area contributed by atoms with E-state index in [1.807, 2.05) is 0 Å². The highest BCUT2D eigenvalue weighted by molar-refractivity contribution is 6.30. The zero-order valence-corrected chi connectivity index (χ0v) is 21.0. The molecule has 0 unspecified atom stereocenters. The van der Waals surface area contributed by atoms with E-state index in [0.717, 1.165) is 25.9 Å². The topological polar surface area (TPSA) is 104 Å². The van der Waals surface area contributed by atoms with Crippen molar-refractivity contribution in [2.24, 2.45) is 5.92 Å². The molecule has 36 heavy (non-hydrogen) atoms. The summed E-state index contributed by atoms with van der Waals surface area (Å²) < 4.78 is 13.4. The first-order chi connectivity index (χ1) is 17.3. The van der Waals surface area contributed by atoms with Crippen LogP contribution >= 0.6 is 11.6 Å². The summed E-state index contributed by atoms with van der Waals surface area (Å²) >= 11 is 5.97. The second-order valence-corrected chi connectivity index (χ2v) is 9.70. The third-order valence-electron chi connectivity index (χ3n) is 6.56. The highest BCUT2D eigenvalue weighted by Crippen LogP contribution is 2.34. The average molecular weight is 512 g/mol. The minimum atomic E-state index is -0.665. The van der Waals surface area contributed by atoms with Gasteiger partial charge in [-0.15, -0.1) is 0 Å². The first kappa shape index (κ1) is 25.7. The summed E-state index contributed by atoms with van der Waals surface area (Å²) in [7, 11) is 2.10. The highest BCUT2D eigenvalue weighted by atomic mass is 35.5. The van der Waals surface area contributed by atoms with Crippen LogP contribution in [0.25, 0.3) is 11.3 Å². The minimum Gasteiger partial charge on any atom is -0.507 e. The van der Waals surface area contributed by atoms with Gasteiger partial charge in [0.25, 0.3) is 0 Å². The number of piperidine rings is 1. The molecule has 1 aromatic heterocycles. The highest BCUT2D eigenvalue weighted by Gasteiger charge is 2.19. The molecular formula is C27H31ClFN5O2. The lowest BCUT2D eigenvalue weighted by Crippen LogP contribution is -2.33. The van der Waals surface area contributed by atoms with Crippen molar-refractivity contribution in [2.45, 2.75) is 32.5 Å². The maximum atomic E-state index is 13.4. The van der Waals surface area contributed by atoms with Crippen LogP contribution in [-0.4, -0.2) is 41.0 Å². The van der Waals surface area contributed by atoms with E-state index < -0.39 is 6.67 Å². The number of nitrogen functional groups attached to an aromatic ring is 1. The van der Waals surface area contributed by atoms with Gasteiger partial charge in [0.05, 0.1) is 5.69 Å². The molecule has 1 amide bonds. The molecule has 190 valence electrons. The number of benzene rings is 2. The van der Waals surface area contributed by atoms with Crippen molar-refractivity contribution in [2.75, 3.05) is 31.2 Å². The predicted molar refractivity (Wildman–Crippen MR) is 142 cm³/mol. The smallest absolute Gasteiger partial charge is 0.220 e. The molecule has 3 aromatic rings. The molecule has 1 fully saturated rings. The Hall–Kier alpha value is -3.36. The maximum absolute atomic E-state index is 13.4. The third-order valence-corrected chi connectivity index (χ3v) is 6.80. The molecule has 4 rings (SSSR count). The molecule has 2 heterocycles. The molecular weight excluding hydrogens is 481 g/mol. The van der Waals surface area contributed by atoms with Gasteiger partial charge in [0.2, 0.25) is 5.91 Å². The number of likely N-dealkylation sites (tertiary alicyclic amines) is 1. The number of nitrogens with two attached hydrogens (primary N) is 1. The maximum Gasteiger partial charge on any atom is 0.220 e. The van der Waals surface area contributed by atoms with Crippen molar-refractivity contribution in [3.05, 3.63) is 64.7 Å². The van der Waals surface area contributed by atoms with Gasteiger partial charge in [0.1, 0.15) is 18.2 Å². The van der Waals surface area contributed by atoms with Gasteiger partial charge in [-0.2, -0.15) is 0 Å². The summed E-state index contributed by atoms with van der Waals surface area (Å²) in [6.45, 7) is 1.68. The first-order valence-electron chi connectivity index (χ1n) is 12.0. The molecule has 0 aliphatic carbocycles. The third kappa shape index (κ3) is 6.44. The number of rotatable bonds is 8. The number of amides is 1. The number of hydrogen-bond donors (Lipinski definition) is 4. The van der Waals surface area contributed by atoms with E-state index >= 15 is 0 Å². The Morgan fingerprint density at radius 3 is 2.67 bits per heavy atom. The molecule has 1 aliphatic rings. The monoisotopic (exact) mass is 511 g/mol. The van der Waals surface area contributed by atoms with Gasteiger partial charge >= 0.3 is 0 Å². The Morgan fingerprint density at radius 1 is 1.17 bits per heavy atom. The number of alkyl halides is 1. The number of aromatic nitrogens is 1. The number of halogens is 2. The van der Waals surface area contributed by atoms with E-state index in [4.69, 9.17) is 17.3 Å². The molecule has 0 radical (unpaired) electrons. The van der Waals surface area contributed by atoms with E-state index in [9.17, 15) is 14.3 Å². The van der Waals surface area contributed by atoms with Gasteiger partial charge in [-0.25, -0.2) is 9.37 Å². The minimum absolute atomic E-state index is 0.0132. The van der Waals surface area contributed by atoms with Crippen molar-refractivity contribution >= 4 is 34.7 Å². The second kappa shape index (κ2) is 11.6. The molecule has 0 atom stereocenters. The Kier molecular flexibility index (Phi) is 8.28. The number of nitrogens with zero attached hydrogens (tertiary/aromatic N) is 2. The van der Waals surface area contributed by atoms with Crippen molar-refractivity contribution in [3.63, 3.8) is 0 Å². The molecule has 9 heteroatoms. The van der Waals surface area contributed by atoms with Crippen LogP contribution in [0.5, 0.6) is 5.75 Å². The van der Waals surface area contributed by atoms with Gasteiger partial charge in [0.15, 0.2) is 0 Å². The quantitative estimate of drug-likeness (QED) is 0.308. The lowest BCUT2D eigenvalue weighted by atomic mass is 9.93. The number of hydrogen-bond acceptors (Lipinski definition) is 6. The van der Waals surface area contributed by atoms with Crippen LogP contribution in [0, 0.1) is 5.92 Å². The Bertz CT molecular complexity index is 1230. The standard InChI is InChI=1S/C27H31ClFN5O2/c1-34-10-8-17(9-11-34)12-26(36)31-16-18-2-5-24(33-27(18)30)22-14-21(4-7-25(22)35)32-23-6-3-20(28)13-19(23)15-29/h2-7,13-14,17,32,35H,8-12,15-16H2,1H3,(H2,30,33)(H,31,36). The Morgan fingerprint density at radius 2 is 1.94 bits per heavy atom. The molecule has 5 N–H and O–H groups in total. The zero-order chi connectivity index (χ0) is 25.7. The second-order valence-electron chi connectivity index (χ2n) is 9.26. The van der Waals surface area contributed by atoms with E-state index in [1.54, 1.807) is 42.5 Å². The van der Waals surface area contributed by atoms with Crippen molar-refractivity contribution in [3.8, 4) is 17.0 Å². The molecule has 0 spiro atoms. The zero-order valence-electron chi connectivity index (χ0n) is 20.2. The first-order valence-corrected chi connectivity index (χ1v) is 12.4. The summed E-state index contributed by atoms with van der Waals surface area (Å²) in [5.41, 5.74) is 9.51. The lowest BCUT2D eigenvalue weighted by Gasteiger charge is -2.28. The molecule has 0 saturated carbocycles. The average Bonchev–Trinajstić information content (AvgIpc) is 2.86. The Labute approximate surface area is 215 Å². The number of pyridine rings is 1.